The highest BCUT2D eigenvalue weighted by Gasteiger charge is 2.53. The second kappa shape index (κ2) is 5.21. The van der Waals surface area contributed by atoms with Crippen LogP contribution in [0.2, 0.25) is 0 Å². The Hall–Kier alpha value is -0.660. The predicted molar refractivity (Wildman–Crippen MR) is 76.4 cm³/mol. The lowest BCUT2D eigenvalue weighted by molar-refractivity contribution is -0.150. The summed E-state index contributed by atoms with van der Waals surface area (Å²) in [5, 5.41) is 8.96. The summed E-state index contributed by atoms with van der Waals surface area (Å²) in [4.78, 5) is 10.9. The van der Waals surface area contributed by atoms with Gasteiger partial charge in [0, 0.05) is 13.1 Å². The zero-order chi connectivity index (χ0) is 15.3. The molecule has 7 heteroatoms. The van der Waals surface area contributed by atoms with Gasteiger partial charge < -0.3 is 9.84 Å². The number of carbonyl (C=O) groups is 1. The number of piperidine rings is 1. The molecule has 0 radical (unpaired) electrons. The first kappa shape index (κ1) is 15.2. The van der Waals surface area contributed by atoms with Crippen LogP contribution >= 0.6 is 0 Å². The largest absolute Gasteiger partial charge is 0.479 e. The molecule has 1 N–H and O–H groups in total. The zero-order valence-corrected chi connectivity index (χ0v) is 13.1. The molecule has 0 unspecified atom stereocenters. The van der Waals surface area contributed by atoms with Gasteiger partial charge in [-0.3, -0.25) is 0 Å². The Morgan fingerprint density at radius 2 is 1.81 bits per heavy atom. The summed E-state index contributed by atoms with van der Waals surface area (Å²) in [6.07, 6.45) is 3.71. The number of hydrogen-bond donors (Lipinski definition) is 1. The van der Waals surface area contributed by atoms with Crippen LogP contribution in [-0.4, -0.2) is 53.8 Å². The van der Waals surface area contributed by atoms with Gasteiger partial charge in [0.2, 0.25) is 10.0 Å². The maximum absolute atomic E-state index is 12.5. The van der Waals surface area contributed by atoms with Gasteiger partial charge in [-0.15, -0.1) is 0 Å². The van der Waals surface area contributed by atoms with Crippen molar-refractivity contribution in [1.29, 1.82) is 0 Å². The topological polar surface area (TPSA) is 83.9 Å². The van der Waals surface area contributed by atoms with E-state index in [1.807, 2.05) is 6.92 Å². The Labute approximate surface area is 125 Å². The highest BCUT2D eigenvalue weighted by molar-refractivity contribution is 7.90. The SMILES string of the molecule is CC1(S(=O)(=O)N2CCC([C@@H]3CC[C@H](C(=O)O)O3)CC2)CC1. The number of hydrogen-bond acceptors (Lipinski definition) is 4. The number of carboxylic acids is 1. The molecule has 0 amide bonds. The molecule has 2 atom stereocenters. The van der Waals surface area contributed by atoms with Gasteiger partial charge in [-0.05, 0) is 51.4 Å². The lowest BCUT2D eigenvalue weighted by Gasteiger charge is -2.35. The molecule has 1 saturated carbocycles. The summed E-state index contributed by atoms with van der Waals surface area (Å²) in [5.74, 6) is -0.605. The van der Waals surface area contributed by atoms with Crippen molar-refractivity contribution in [2.75, 3.05) is 13.1 Å². The van der Waals surface area contributed by atoms with Gasteiger partial charge in [0.15, 0.2) is 6.10 Å². The van der Waals surface area contributed by atoms with E-state index in [2.05, 4.69) is 0 Å². The molecule has 3 rings (SSSR count). The lowest BCUT2D eigenvalue weighted by atomic mass is 9.90. The van der Waals surface area contributed by atoms with Crippen molar-refractivity contribution < 1.29 is 23.1 Å². The van der Waals surface area contributed by atoms with Crippen molar-refractivity contribution in [3.05, 3.63) is 0 Å². The Morgan fingerprint density at radius 1 is 1.19 bits per heavy atom. The average molecular weight is 317 g/mol. The predicted octanol–water partition coefficient (Wildman–Crippen LogP) is 1.21. The molecule has 2 aliphatic heterocycles. The highest BCUT2D eigenvalue weighted by atomic mass is 32.2. The third kappa shape index (κ3) is 2.71. The monoisotopic (exact) mass is 317 g/mol. The molecule has 2 heterocycles. The fourth-order valence-corrected chi connectivity index (χ4v) is 5.36. The van der Waals surface area contributed by atoms with E-state index < -0.39 is 26.8 Å². The van der Waals surface area contributed by atoms with Gasteiger partial charge in [0.1, 0.15) is 0 Å². The fourth-order valence-electron chi connectivity index (χ4n) is 3.42. The zero-order valence-electron chi connectivity index (χ0n) is 12.3. The summed E-state index contributed by atoms with van der Waals surface area (Å²) in [6.45, 7) is 2.91. The summed E-state index contributed by atoms with van der Waals surface area (Å²) >= 11 is 0. The van der Waals surface area contributed by atoms with Gasteiger partial charge in [-0.25, -0.2) is 17.5 Å². The van der Waals surface area contributed by atoms with Crippen LogP contribution in [0, 0.1) is 5.92 Å². The molecular weight excluding hydrogens is 294 g/mol. The molecule has 6 nitrogen and oxygen atoms in total. The third-order valence-electron chi connectivity index (χ3n) is 5.27. The van der Waals surface area contributed by atoms with Gasteiger partial charge in [-0.2, -0.15) is 0 Å². The third-order valence-corrected chi connectivity index (χ3v) is 7.97. The van der Waals surface area contributed by atoms with E-state index in [-0.39, 0.29) is 12.0 Å². The van der Waals surface area contributed by atoms with Crippen LogP contribution in [0.5, 0.6) is 0 Å². The van der Waals surface area contributed by atoms with Crippen molar-refractivity contribution in [2.45, 2.75) is 62.4 Å². The van der Waals surface area contributed by atoms with E-state index in [0.717, 1.165) is 32.1 Å². The first-order chi connectivity index (χ1) is 9.83. The number of nitrogens with zero attached hydrogens (tertiary/aromatic N) is 1. The van der Waals surface area contributed by atoms with Gasteiger partial charge in [-0.1, -0.05) is 0 Å². The van der Waals surface area contributed by atoms with Crippen LogP contribution in [0.15, 0.2) is 0 Å². The summed E-state index contributed by atoms with van der Waals surface area (Å²) in [6, 6.07) is 0. The van der Waals surface area contributed by atoms with Crippen molar-refractivity contribution in [2.24, 2.45) is 5.92 Å². The molecule has 0 bridgehead atoms. The minimum Gasteiger partial charge on any atom is -0.479 e. The number of aliphatic carboxylic acids is 1. The number of carboxylic acid groups (broad SMARTS) is 1. The lowest BCUT2D eigenvalue weighted by Crippen LogP contribution is -2.45. The number of ether oxygens (including phenoxy) is 1. The van der Waals surface area contributed by atoms with E-state index >= 15 is 0 Å². The molecule has 21 heavy (non-hydrogen) atoms. The van der Waals surface area contributed by atoms with Gasteiger partial charge in [0.05, 0.1) is 10.9 Å². The summed E-state index contributed by atoms with van der Waals surface area (Å²) in [5.41, 5.74) is 0. The second-order valence-corrected chi connectivity index (χ2v) is 9.22. The molecular formula is C14H23NO5S. The smallest absolute Gasteiger partial charge is 0.332 e. The van der Waals surface area contributed by atoms with Crippen LogP contribution in [0.25, 0.3) is 0 Å². The fraction of sp³-hybridized carbons (Fsp3) is 0.929. The minimum absolute atomic E-state index is 0.0209. The van der Waals surface area contributed by atoms with E-state index in [0.29, 0.717) is 19.5 Å². The van der Waals surface area contributed by atoms with Crippen molar-refractivity contribution in [1.82, 2.24) is 4.31 Å². The molecule has 3 aliphatic rings. The standard InChI is InChI=1S/C14H23NO5S/c1-14(6-7-14)21(18,19)15-8-4-10(5-9-15)11-2-3-12(20-11)13(16)17/h10-12H,2-9H2,1H3,(H,16,17)/t11-,12+/m0/s1. The second-order valence-electron chi connectivity index (χ2n) is 6.77. The molecule has 0 spiro atoms. The Balaban J connectivity index is 1.55. The molecule has 2 saturated heterocycles. The van der Waals surface area contributed by atoms with Gasteiger partial charge >= 0.3 is 5.97 Å². The number of sulfonamides is 1. The van der Waals surface area contributed by atoms with Crippen LogP contribution in [0.3, 0.4) is 0 Å². The van der Waals surface area contributed by atoms with Crippen molar-refractivity contribution in [3.8, 4) is 0 Å². The van der Waals surface area contributed by atoms with Crippen LogP contribution in [0.1, 0.15) is 45.4 Å². The first-order valence-electron chi connectivity index (χ1n) is 7.71. The maximum atomic E-state index is 12.5. The molecule has 120 valence electrons. The summed E-state index contributed by atoms with van der Waals surface area (Å²) < 4.78 is 31.6. The Morgan fingerprint density at radius 3 is 2.29 bits per heavy atom. The van der Waals surface area contributed by atoms with Crippen molar-refractivity contribution >= 4 is 16.0 Å². The highest BCUT2D eigenvalue weighted by Crippen LogP contribution is 2.45. The van der Waals surface area contributed by atoms with Crippen LogP contribution in [-0.2, 0) is 19.6 Å². The normalized spacial score (nSPS) is 34.0. The van der Waals surface area contributed by atoms with Crippen LogP contribution in [0.4, 0.5) is 0 Å². The minimum atomic E-state index is -3.16. The Kier molecular flexibility index (Phi) is 3.78. The molecule has 0 aromatic rings. The summed E-state index contributed by atoms with van der Waals surface area (Å²) in [7, 11) is -3.16. The molecule has 3 fully saturated rings. The molecule has 1 aliphatic carbocycles. The molecule has 0 aromatic heterocycles. The van der Waals surface area contributed by atoms with E-state index in [1.165, 1.54) is 0 Å². The average Bonchev–Trinajstić information content (AvgIpc) is 3.04. The number of rotatable bonds is 4. The van der Waals surface area contributed by atoms with E-state index in [4.69, 9.17) is 9.84 Å². The van der Waals surface area contributed by atoms with Crippen molar-refractivity contribution in [3.63, 3.8) is 0 Å². The molecule has 0 aromatic carbocycles. The van der Waals surface area contributed by atoms with Crippen LogP contribution < -0.4 is 0 Å². The maximum Gasteiger partial charge on any atom is 0.332 e. The van der Waals surface area contributed by atoms with E-state index in [9.17, 15) is 13.2 Å². The Bertz CT molecular complexity index is 519. The van der Waals surface area contributed by atoms with E-state index in [1.54, 1.807) is 4.31 Å². The van der Waals surface area contributed by atoms with Gasteiger partial charge in [0.25, 0.3) is 0 Å². The quantitative estimate of drug-likeness (QED) is 0.842. The first-order valence-corrected chi connectivity index (χ1v) is 9.15.